The van der Waals surface area contributed by atoms with Gasteiger partial charge in [-0.05, 0) is 19.8 Å². The van der Waals surface area contributed by atoms with Crippen LogP contribution in [-0.2, 0) is 9.59 Å². The Morgan fingerprint density at radius 2 is 2.19 bits per heavy atom. The van der Waals surface area contributed by atoms with Crippen LogP contribution >= 0.6 is 0 Å². The highest BCUT2D eigenvalue weighted by Crippen LogP contribution is 1.94. The van der Waals surface area contributed by atoms with E-state index in [1.54, 1.807) is 6.29 Å². The van der Waals surface area contributed by atoms with Gasteiger partial charge in [-0.15, -0.1) is 0 Å². The van der Waals surface area contributed by atoms with E-state index in [9.17, 15) is 9.59 Å². The quantitative estimate of drug-likeness (QED) is 0.199. The van der Waals surface area contributed by atoms with E-state index in [-0.39, 0.29) is 11.9 Å². The van der Waals surface area contributed by atoms with E-state index in [1.165, 1.54) is 6.92 Å². The SMILES string of the molecule is C[C@H]([C]=O)NC(=O)C(N)CCCNC(=N)N. The lowest BCUT2D eigenvalue weighted by atomic mass is 10.1. The molecule has 0 aliphatic rings. The molecule has 0 aromatic heterocycles. The summed E-state index contributed by atoms with van der Waals surface area (Å²) in [7, 11) is 0. The first-order valence-electron chi connectivity index (χ1n) is 4.99. The van der Waals surface area contributed by atoms with E-state index >= 15 is 0 Å². The zero-order valence-corrected chi connectivity index (χ0v) is 9.25. The zero-order valence-electron chi connectivity index (χ0n) is 9.25. The van der Waals surface area contributed by atoms with Gasteiger partial charge in [-0.1, -0.05) is 0 Å². The Kier molecular flexibility index (Phi) is 6.86. The molecule has 1 unspecified atom stereocenters. The maximum Gasteiger partial charge on any atom is 0.237 e. The molecule has 16 heavy (non-hydrogen) atoms. The molecule has 2 atom stereocenters. The highest BCUT2D eigenvalue weighted by atomic mass is 16.2. The molecule has 0 saturated heterocycles. The summed E-state index contributed by atoms with van der Waals surface area (Å²) in [5, 5.41) is 11.9. The Morgan fingerprint density at radius 1 is 1.56 bits per heavy atom. The van der Waals surface area contributed by atoms with E-state index in [0.29, 0.717) is 19.4 Å². The smallest absolute Gasteiger partial charge is 0.237 e. The second kappa shape index (κ2) is 7.63. The molecule has 0 aliphatic heterocycles. The number of nitrogens with two attached hydrogens (primary N) is 2. The molecule has 1 amide bonds. The van der Waals surface area contributed by atoms with Crippen LogP contribution in [0.25, 0.3) is 0 Å². The summed E-state index contributed by atoms with van der Waals surface area (Å²) in [6, 6.07) is -1.31. The lowest BCUT2D eigenvalue weighted by Crippen LogP contribution is -2.45. The highest BCUT2D eigenvalue weighted by Gasteiger charge is 2.14. The van der Waals surface area contributed by atoms with Crippen LogP contribution in [0.5, 0.6) is 0 Å². The van der Waals surface area contributed by atoms with Crippen molar-refractivity contribution in [2.75, 3.05) is 6.54 Å². The Balaban J connectivity index is 3.70. The molecular formula is C9H18N5O2. The second-order valence-electron chi connectivity index (χ2n) is 3.44. The third kappa shape index (κ3) is 6.77. The minimum absolute atomic E-state index is 0.109. The van der Waals surface area contributed by atoms with Gasteiger partial charge in [0.05, 0.1) is 12.1 Å². The fourth-order valence-electron chi connectivity index (χ4n) is 1.03. The van der Waals surface area contributed by atoms with E-state index in [2.05, 4.69) is 10.6 Å². The molecule has 0 aliphatic carbocycles. The third-order valence-electron chi connectivity index (χ3n) is 1.88. The normalized spacial score (nSPS) is 13.6. The monoisotopic (exact) mass is 228 g/mol. The largest absolute Gasteiger partial charge is 0.370 e. The molecule has 0 saturated carbocycles. The van der Waals surface area contributed by atoms with E-state index in [4.69, 9.17) is 16.9 Å². The zero-order chi connectivity index (χ0) is 12.6. The van der Waals surface area contributed by atoms with Gasteiger partial charge in [0, 0.05) is 6.54 Å². The number of carbonyl (C=O) groups is 1. The number of carbonyl (C=O) groups excluding carboxylic acids is 2. The maximum atomic E-state index is 11.3. The molecule has 91 valence electrons. The summed E-state index contributed by atoms with van der Waals surface area (Å²) in [6.45, 7) is 2.01. The molecular weight excluding hydrogens is 210 g/mol. The summed E-state index contributed by atoms with van der Waals surface area (Å²) in [5.41, 5.74) is 10.7. The standard InChI is InChI=1S/C9H18N5O2/c1-6(5-15)14-8(16)7(10)3-2-4-13-9(11)12/h6-7H,2-4,10H2,1H3,(H,14,16)(H4,11,12,13)/t6-,7?/m1/s1. The lowest BCUT2D eigenvalue weighted by Gasteiger charge is -2.13. The van der Waals surface area contributed by atoms with Crippen LogP contribution in [0.1, 0.15) is 19.8 Å². The number of hydrogen-bond acceptors (Lipinski definition) is 4. The van der Waals surface area contributed by atoms with Gasteiger partial charge >= 0.3 is 0 Å². The number of rotatable bonds is 7. The number of guanidine groups is 1. The van der Waals surface area contributed by atoms with E-state index in [1.807, 2.05) is 0 Å². The van der Waals surface area contributed by atoms with Crippen molar-refractivity contribution in [1.29, 1.82) is 5.41 Å². The van der Waals surface area contributed by atoms with Crippen molar-refractivity contribution in [3.63, 3.8) is 0 Å². The minimum atomic E-state index is -0.662. The van der Waals surface area contributed by atoms with Crippen molar-refractivity contribution in [1.82, 2.24) is 10.6 Å². The molecule has 7 N–H and O–H groups in total. The average molecular weight is 228 g/mol. The first-order chi connectivity index (χ1) is 7.47. The molecule has 0 heterocycles. The maximum absolute atomic E-state index is 11.3. The molecule has 1 radical (unpaired) electrons. The molecule has 0 aromatic carbocycles. The van der Waals surface area contributed by atoms with Crippen LogP contribution in [0.2, 0.25) is 0 Å². The summed E-state index contributed by atoms with van der Waals surface area (Å²) in [6.07, 6.45) is 2.71. The molecule has 0 aromatic rings. The summed E-state index contributed by atoms with van der Waals surface area (Å²) >= 11 is 0. The fourth-order valence-corrected chi connectivity index (χ4v) is 1.03. The fraction of sp³-hybridized carbons (Fsp3) is 0.667. The van der Waals surface area contributed by atoms with Gasteiger partial charge in [-0.25, -0.2) is 0 Å². The van der Waals surface area contributed by atoms with Crippen LogP contribution in [0.15, 0.2) is 0 Å². The topological polar surface area (TPSA) is 134 Å². The molecule has 0 rings (SSSR count). The molecule has 7 heteroatoms. The predicted octanol–water partition coefficient (Wildman–Crippen LogP) is -1.81. The lowest BCUT2D eigenvalue weighted by molar-refractivity contribution is -0.122. The van der Waals surface area contributed by atoms with Gasteiger partial charge in [-0.2, -0.15) is 0 Å². The van der Waals surface area contributed by atoms with Crippen molar-refractivity contribution < 1.29 is 9.59 Å². The van der Waals surface area contributed by atoms with Gasteiger partial charge in [0.2, 0.25) is 12.2 Å². The number of nitrogens with one attached hydrogen (secondary N) is 3. The van der Waals surface area contributed by atoms with Gasteiger partial charge in [-0.3, -0.25) is 15.0 Å². The van der Waals surface area contributed by atoms with Crippen LogP contribution in [0, 0.1) is 5.41 Å². The summed E-state index contributed by atoms with van der Waals surface area (Å²) in [4.78, 5) is 21.5. The number of hydrogen-bond donors (Lipinski definition) is 5. The molecule has 0 spiro atoms. The Bertz CT molecular complexity index is 256. The van der Waals surface area contributed by atoms with Crippen molar-refractivity contribution in [3.8, 4) is 0 Å². The third-order valence-corrected chi connectivity index (χ3v) is 1.88. The van der Waals surface area contributed by atoms with Crippen LogP contribution in [-0.4, -0.2) is 36.8 Å². The van der Waals surface area contributed by atoms with Crippen molar-refractivity contribution in [2.24, 2.45) is 11.5 Å². The number of amides is 1. The second-order valence-corrected chi connectivity index (χ2v) is 3.44. The molecule has 0 bridgehead atoms. The average Bonchev–Trinajstić information content (AvgIpc) is 2.23. The van der Waals surface area contributed by atoms with Crippen molar-refractivity contribution in [2.45, 2.75) is 31.8 Å². The first-order valence-corrected chi connectivity index (χ1v) is 4.99. The summed E-state index contributed by atoms with van der Waals surface area (Å²) in [5.74, 6) is -0.485. The predicted molar refractivity (Wildman–Crippen MR) is 60.4 cm³/mol. The van der Waals surface area contributed by atoms with Crippen LogP contribution in [0.4, 0.5) is 0 Å². The summed E-state index contributed by atoms with van der Waals surface area (Å²) < 4.78 is 0. The van der Waals surface area contributed by atoms with Gasteiger partial charge < -0.3 is 22.1 Å². The first kappa shape index (κ1) is 14.4. The van der Waals surface area contributed by atoms with Gasteiger partial charge in [0.1, 0.15) is 0 Å². The van der Waals surface area contributed by atoms with Crippen molar-refractivity contribution in [3.05, 3.63) is 0 Å². The Labute approximate surface area is 94.4 Å². The Morgan fingerprint density at radius 3 is 2.69 bits per heavy atom. The van der Waals surface area contributed by atoms with Gasteiger partial charge in [0.15, 0.2) is 5.96 Å². The van der Waals surface area contributed by atoms with Crippen molar-refractivity contribution >= 4 is 18.2 Å². The van der Waals surface area contributed by atoms with E-state index in [0.717, 1.165) is 0 Å². The van der Waals surface area contributed by atoms with E-state index < -0.39 is 12.1 Å². The highest BCUT2D eigenvalue weighted by molar-refractivity contribution is 5.84. The van der Waals surface area contributed by atoms with Gasteiger partial charge in [0.25, 0.3) is 0 Å². The van der Waals surface area contributed by atoms with Crippen LogP contribution < -0.4 is 22.1 Å². The van der Waals surface area contributed by atoms with Crippen LogP contribution in [0.3, 0.4) is 0 Å². The minimum Gasteiger partial charge on any atom is -0.370 e. The molecule has 0 fully saturated rings. The Hall–Kier alpha value is -1.63. The molecule has 7 nitrogen and oxygen atoms in total.